The third kappa shape index (κ3) is 5.69. The van der Waals surface area contributed by atoms with Crippen LogP contribution < -0.4 is 9.44 Å². The number of ether oxygens (including phenoxy) is 1. The Labute approximate surface area is 122 Å². The van der Waals surface area contributed by atoms with Crippen LogP contribution in [0.2, 0.25) is 0 Å². The Morgan fingerprint density at radius 1 is 1.29 bits per heavy atom. The molecule has 0 aliphatic rings. The molecule has 1 amide bonds. The molecular formula is C12H16N2O6S. The number of carbonyl (C=O) groups excluding carboxylic acids is 1. The fourth-order valence-corrected chi connectivity index (χ4v) is 2.39. The number of aliphatic carboxylic acids is 1. The Kier molecular flexibility index (Phi) is 5.53. The molecule has 1 aromatic carbocycles. The number of rotatable bonds is 6. The molecule has 0 aliphatic heterocycles. The van der Waals surface area contributed by atoms with Gasteiger partial charge in [-0.05, 0) is 23.6 Å². The molecule has 0 bridgehead atoms. The maximum absolute atomic E-state index is 11.5. The highest BCUT2D eigenvalue weighted by atomic mass is 32.2. The zero-order chi connectivity index (χ0) is 16.0. The second-order valence-corrected chi connectivity index (χ2v) is 5.74. The van der Waals surface area contributed by atoms with E-state index in [9.17, 15) is 18.0 Å². The van der Waals surface area contributed by atoms with E-state index in [4.69, 9.17) is 5.11 Å². The lowest BCUT2D eigenvalue weighted by molar-refractivity contribution is -0.137. The summed E-state index contributed by atoms with van der Waals surface area (Å²) in [4.78, 5) is 21.5. The maximum Gasteiger partial charge on any atom is 0.422 e. The van der Waals surface area contributed by atoms with Crippen molar-refractivity contribution in [1.82, 2.24) is 4.72 Å². The van der Waals surface area contributed by atoms with E-state index in [1.54, 1.807) is 23.8 Å². The first-order valence-electron chi connectivity index (χ1n) is 5.94. The Morgan fingerprint density at radius 2 is 1.86 bits per heavy atom. The van der Waals surface area contributed by atoms with E-state index < -0.39 is 22.3 Å². The van der Waals surface area contributed by atoms with Crippen molar-refractivity contribution in [3.63, 3.8) is 0 Å². The number of hydrogen-bond donors (Lipinski definition) is 3. The minimum atomic E-state index is -4.07. The molecule has 1 rings (SSSR count). The van der Waals surface area contributed by atoms with Crippen LogP contribution in [0.5, 0.6) is 0 Å². The van der Waals surface area contributed by atoms with Gasteiger partial charge in [0.25, 0.3) is 0 Å². The van der Waals surface area contributed by atoms with Gasteiger partial charge in [-0.25, -0.2) is 9.52 Å². The monoisotopic (exact) mass is 316 g/mol. The summed E-state index contributed by atoms with van der Waals surface area (Å²) in [5.41, 5.74) is 0.999. The van der Waals surface area contributed by atoms with Crippen LogP contribution in [0.3, 0.4) is 0 Å². The molecule has 0 spiro atoms. The van der Waals surface area contributed by atoms with Crippen LogP contribution in [0.1, 0.15) is 24.8 Å². The summed E-state index contributed by atoms with van der Waals surface area (Å²) in [5, 5.41) is 8.72. The molecule has 0 saturated carbocycles. The standard InChI is InChI=1S/C12H16N2O6S/c1-8(7-11(15)16)9-3-5-10(6-4-9)13-21(18,19)14-12(17)20-2/h3-6,8,13H,7H2,1-2H3,(H,14,17)(H,15,16). The summed E-state index contributed by atoms with van der Waals surface area (Å²) >= 11 is 0. The smallest absolute Gasteiger partial charge is 0.422 e. The maximum atomic E-state index is 11.5. The number of benzene rings is 1. The predicted octanol–water partition coefficient (Wildman–Crippen LogP) is 1.28. The van der Waals surface area contributed by atoms with E-state index in [0.717, 1.165) is 12.7 Å². The van der Waals surface area contributed by atoms with Crippen molar-refractivity contribution in [1.29, 1.82) is 0 Å². The van der Waals surface area contributed by atoms with Gasteiger partial charge >= 0.3 is 22.3 Å². The zero-order valence-corrected chi connectivity index (χ0v) is 12.3. The Bertz CT molecular complexity index is 611. The number of methoxy groups -OCH3 is 1. The van der Waals surface area contributed by atoms with Gasteiger partial charge in [0.1, 0.15) is 0 Å². The summed E-state index contributed by atoms with van der Waals surface area (Å²) < 4.78 is 31.0. The van der Waals surface area contributed by atoms with E-state index in [2.05, 4.69) is 9.46 Å². The highest BCUT2D eigenvalue weighted by molar-refractivity contribution is 7.91. The molecule has 3 N–H and O–H groups in total. The summed E-state index contributed by atoms with van der Waals surface area (Å²) in [6, 6.07) is 6.18. The highest BCUT2D eigenvalue weighted by Gasteiger charge is 2.15. The van der Waals surface area contributed by atoms with Crippen LogP contribution in [-0.4, -0.2) is 32.7 Å². The van der Waals surface area contributed by atoms with Crippen molar-refractivity contribution < 1.29 is 27.9 Å². The fraction of sp³-hybridized carbons (Fsp3) is 0.333. The Morgan fingerprint density at radius 3 is 2.33 bits per heavy atom. The number of anilines is 1. The lowest BCUT2D eigenvalue weighted by Gasteiger charge is -2.11. The quantitative estimate of drug-likeness (QED) is 0.726. The summed E-state index contributed by atoms with van der Waals surface area (Å²) in [6.45, 7) is 1.76. The van der Waals surface area contributed by atoms with Gasteiger partial charge in [-0.2, -0.15) is 8.42 Å². The third-order valence-electron chi connectivity index (χ3n) is 2.62. The lowest BCUT2D eigenvalue weighted by Crippen LogP contribution is -2.35. The summed E-state index contributed by atoms with van der Waals surface area (Å²) in [7, 11) is -3.02. The number of hydrogen-bond acceptors (Lipinski definition) is 5. The third-order valence-corrected chi connectivity index (χ3v) is 3.56. The molecule has 1 atom stereocenters. The van der Waals surface area contributed by atoms with Crippen LogP contribution in [0, 0.1) is 0 Å². The van der Waals surface area contributed by atoms with Gasteiger partial charge in [-0.15, -0.1) is 0 Å². The van der Waals surface area contributed by atoms with E-state index in [0.29, 0.717) is 0 Å². The van der Waals surface area contributed by atoms with Gasteiger partial charge in [0.05, 0.1) is 19.2 Å². The number of carboxylic acids is 1. The molecule has 21 heavy (non-hydrogen) atoms. The van der Waals surface area contributed by atoms with Gasteiger partial charge in [-0.1, -0.05) is 19.1 Å². The Balaban J connectivity index is 2.75. The minimum absolute atomic E-state index is 0.0189. The average Bonchev–Trinajstić information content (AvgIpc) is 2.37. The van der Waals surface area contributed by atoms with E-state index in [1.807, 2.05) is 0 Å². The highest BCUT2D eigenvalue weighted by Crippen LogP contribution is 2.21. The summed E-state index contributed by atoms with van der Waals surface area (Å²) in [6.07, 6.45) is -1.12. The second-order valence-electron chi connectivity index (χ2n) is 4.32. The van der Waals surface area contributed by atoms with Gasteiger partial charge in [0.15, 0.2) is 0 Å². The van der Waals surface area contributed by atoms with Crippen LogP contribution in [0.4, 0.5) is 10.5 Å². The zero-order valence-electron chi connectivity index (χ0n) is 11.5. The van der Waals surface area contributed by atoms with Crippen LogP contribution >= 0.6 is 0 Å². The first-order valence-corrected chi connectivity index (χ1v) is 7.42. The van der Waals surface area contributed by atoms with Gasteiger partial charge in [-0.3, -0.25) is 9.52 Å². The fourth-order valence-electron chi connectivity index (χ4n) is 1.59. The molecular weight excluding hydrogens is 300 g/mol. The van der Waals surface area contributed by atoms with E-state index in [-0.39, 0.29) is 18.0 Å². The molecule has 0 aliphatic carbocycles. The molecule has 0 fully saturated rings. The van der Waals surface area contributed by atoms with E-state index in [1.165, 1.54) is 12.1 Å². The molecule has 0 aromatic heterocycles. The molecule has 0 heterocycles. The SMILES string of the molecule is COC(=O)NS(=O)(=O)Nc1ccc(C(C)CC(=O)O)cc1. The Hall–Kier alpha value is -2.29. The van der Waals surface area contributed by atoms with Crippen LogP contribution in [-0.2, 0) is 19.7 Å². The molecule has 9 heteroatoms. The number of nitrogens with one attached hydrogen (secondary N) is 2. The second kappa shape index (κ2) is 6.93. The van der Waals surface area contributed by atoms with Crippen molar-refractivity contribution in [3.05, 3.63) is 29.8 Å². The van der Waals surface area contributed by atoms with Gasteiger partial charge < -0.3 is 9.84 Å². The molecule has 1 unspecified atom stereocenters. The molecule has 0 radical (unpaired) electrons. The van der Waals surface area contributed by atoms with Crippen LogP contribution in [0.25, 0.3) is 0 Å². The topological polar surface area (TPSA) is 122 Å². The van der Waals surface area contributed by atoms with Crippen LogP contribution in [0.15, 0.2) is 24.3 Å². The molecule has 116 valence electrons. The van der Waals surface area contributed by atoms with Crippen molar-refractivity contribution >= 4 is 28.0 Å². The van der Waals surface area contributed by atoms with Crippen molar-refractivity contribution in [3.8, 4) is 0 Å². The molecule has 8 nitrogen and oxygen atoms in total. The van der Waals surface area contributed by atoms with Gasteiger partial charge in [0, 0.05) is 0 Å². The first-order chi connectivity index (χ1) is 9.73. The largest absolute Gasteiger partial charge is 0.481 e. The summed E-state index contributed by atoms with van der Waals surface area (Å²) in [5.74, 6) is -1.10. The van der Waals surface area contributed by atoms with Crippen molar-refractivity contribution in [2.45, 2.75) is 19.3 Å². The number of carbonyl (C=O) groups is 2. The van der Waals surface area contributed by atoms with Gasteiger partial charge in [0.2, 0.25) is 0 Å². The number of amides is 1. The molecule has 0 saturated heterocycles. The lowest BCUT2D eigenvalue weighted by atomic mass is 9.98. The average molecular weight is 316 g/mol. The van der Waals surface area contributed by atoms with Crippen molar-refractivity contribution in [2.24, 2.45) is 0 Å². The predicted molar refractivity (Wildman–Crippen MR) is 75.2 cm³/mol. The molecule has 1 aromatic rings. The van der Waals surface area contributed by atoms with Crippen molar-refractivity contribution in [2.75, 3.05) is 11.8 Å². The first kappa shape index (κ1) is 16.8. The minimum Gasteiger partial charge on any atom is -0.481 e. The number of carboxylic acid groups (broad SMARTS) is 1. The normalized spacial score (nSPS) is 12.3. The van der Waals surface area contributed by atoms with E-state index >= 15 is 0 Å².